The first-order valence-electron chi connectivity index (χ1n) is 9.14. The number of benzene rings is 1. The SMILES string of the molecule is Cc1cccc(C(=O)N2CC3(CC[C@H](CNc4ncccn4)CO3)C2)c1. The highest BCUT2D eigenvalue weighted by Gasteiger charge is 2.48. The fraction of sp³-hybridized carbons (Fsp3) is 0.450. The lowest BCUT2D eigenvalue weighted by molar-refractivity contribution is -0.165. The Bertz CT molecular complexity index is 764. The van der Waals surface area contributed by atoms with E-state index in [2.05, 4.69) is 15.3 Å². The zero-order chi connectivity index (χ0) is 18.0. The fourth-order valence-electron chi connectivity index (χ4n) is 3.71. The Labute approximate surface area is 153 Å². The number of carbonyl (C=O) groups is 1. The van der Waals surface area contributed by atoms with Crippen molar-refractivity contribution in [2.75, 3.05) is 31.6 Å². The standard InChI is InChI=1S/C20H24N4O2/c1-15-4-2-5-17(10-15)18(25)24-13-20(14-24)7-6-16(12-26-20)11-23-19-21-8-3-9-22-19/h2-5,8-10,16H,6-7,11-14H2,1H3,(H,21,22,23)/t16-/m1/s1. The summed E-state index contributed by atoms with van der Waals surface area (Å²) < 4.78 is 6.17. The molecule has 1 N–H and O–H groups in total. The van der Waals surface area contributed by atoms with Crippen molar-refractivity contribution in [2.24, 2.45) is 5.92 Å². The molecule has 2 aliphatic heterocycles. The molecule has 3 heterocycles. The van der Waals surface area contributed by atoms with Gasteiger partial charge < -0.3 is 15.0 Å². The van der Waals surface area contributed by atoms with Crippen LogP contribution in [0.25, 0.3) is 0 Å². The van der Waals surface area contributed by atoms with Crippen molar-refractivity contribution in [2.45, 2.75) is 25.4 Å². The number of ether oxygens (including phenoxy) is 1. The smallest absolute Gasteiger partial charge is 0.254 e. The van der Waals surface area contributed by atoms with Gasteiger partial charge in [0.1, 0.15) is 5.60 Å². The molecule has 0 bridgehead atoms. The van der Waals surface area contributed by atoms with E-state index in [1.54, 1.807) is 18.5 Å². The van der Waals surface area contributed by atoms with Crippen LogP contribution in [0.2, 0.25) is 0 Å². The second-order valence-electron chi connectivity index (χ2n) is 7.38. The Morgan fingerprint density at radius 1 is 1.31 bits per heavy atom. The molecule has 1 spiro atoms. The largest absolute Gasteiger partial charge is 0.371 e. The lowest BCUT2D eigenvalue weighted by Crippen LogP contribution is -2.66. The van der Waals surface area contributed by atoms with E-state index in [1.165, 1.54) is 0 Å². The highest BCUT2D eigenvalue weighted by molar-refractivity contribution is 5.95. The first kappa shape index (κ1) is 17.0. The van der Waals surface area contributed by atoms with Gasteiger partial charge in [-0.25, -0.2) is 9.97 Å². The van der Waals surface area contributed by atoms with Crippen molar-refractivity contribution < 1.29 is 9.53 Å². The van der Waals surface area contributed by atoms with Gasteiger partial charge in [0, 0.05) is 24.5 Å². The molecule has 1 aromatic carbocycles. The maximum absolute atomic E-state index is 12.6. The first-order valence-corrected chi connectivity index (χ1v) is 9.14. The number of nitrogens with zero attached hydrogens (tertiary/aromatic N) is 3. The monoisotopic (exact) mass is 352 g/mol. The molecule has 0 aliphatic carbocycles. The van der Waals surface area contributed by atoms with E-state index in [4.69, 9.17) is 4.74 Å². The Kier molecular flexibility index (Phi) is 4.59. The van der Waals surface area contributed by atoms with E-state index in [9.17, 15) is 4.79 Å². The van der Waals surface area contributed by atoms with Gasteiger partial charge in [0.25, 0.3) is 5.91 Å². The number of hydrogen-bond donors (Lipinski definition) is 1. The van der Waals surface area contributed by atoms with Gasteiger partial charge in [0.15, 0.2) is 0 Å². The van der Waals surface area contributed by atoms with Gasteiger partial charge in [-0.3, -0.25) is 4.79 Å². The van der Waals surface area contributed by atoms with Crippen LogP contribution in [0, 0.1) is 12.8 Å². The summed E-state index contributed by atoms with van der Waals surface area (Å²) in [6.45, 7) is 4.93. The zero-order valence-corrected chi connectivity index (χ0v) is 15.0. The predicted octanol–water partition coefficient (Wildman–Crippen LogP) is 2.52. The van der Waals surface area contributed by atoms with Gasteiger partial charge in [0.2, 0.25) is 5.95 Å². The van der Waals surface area contributed by atoms with E-state index in [-0.39, 0.29) is 11.5 Å². The van der Waals surface area contributed by atoms with Gasteiger partial charge >= 0.3 is 0 Å². The van der Waals surface area contributed by atoms with Crippen LogP contribution in [0.3, 0.4) is 0 Å². The predicted molar refractivity (Wildman–Crippen MR) is 99.0 cm³/mol. The summed E-state index contributed by atoms with van der Waals surface area (Å²) in [4.78, 5) is 22.8. The number of hydrogen-bond acceptors (Lipinski definition) is 5. The third kappa shape index (κ3) is 3.55. The van der Waals surface area contributed by atoms with Crippen LogP contribution in [0.4, 0.5) is 5.95 Å². The van der Waals surface area contributed by atoms with E-state index in [1.807, 2.05) is 36.1 Å². The molecule has 1 aromatic heterocycles. The molecule has 0 saturated carbocycles. The van der Waals surface area contributed by atoms with Crippen LogP contribution < -0.4 is 5.32 Å². The van der Waals surface area contributed by atoms with Crippen LogP contribution >= 0.6 is 0 Å². The maximum atomic E-state index is 12.6. The minimum atomic E-state index is -0.140. The summed E-state index contributed by atoms with van der Waals surface area (Å²) in [5.74, 6) is 1.21. The molecule has 2 aromatic rings. The average Bonchev–Trinajstić information content (AvgIpc) is 2.65. The molecule has 26 heavy (non-hydrogen) atoms. The molecule has 136 valence electrons. The van der Waals surface area contributed by atoms with Crippen LogP contribution in [-0.2, 0) is 4.74 Å². The lowest BCUT2D eigenvalue weighted by atomic mass is 9.82. The number of rotatable bonds is 4. The maximum Gasteiger partial charge on any atom is 0.254 e. The number of aryl methyl sites for hydroxylation is 1. The summed E-state index contributed by atoms with van der Waals surface area (Å²) in [6, 6.07) is 9.58. The third-order valence-corrected chi connectivity index (χ3v) is 5.26. The van der Waals surface area contributed by atoms with Crippen molar-refractivity contribution >= 4 is 11.9 Å². The molecule has 2 saturated heterocycles. The van der Waals surface area contributed by atoms with Gasteiger partial charge in [-0.2, -0.15) is 0 Å². The molecule has 2 aliphatic rings. The summed E-state index contributed by atoms with van der Waals surface area (Å²) in [6.07, 6.45) is 5.55. The number of aromatic nitrogens is 2. The minimum absolute atomic E-state index is 0.105. The van der Waals surface area contributed by atoms with Gasteiger partial charge in [-0.1, -0.05) is 17.7 Å². The molecule has 0 radical (unpaired) electrons. The van der Waals surface area contributed by atoms with Gasteiger partial charge in [-0.05, 0) is 43.9 Å². The fourth-order valence-corrected chi connectivity index (χ4v) is 3.71. The second kappa shape index (κ2) is 7.03. The highest BCUT2D eigenvalue weighted by Crippen LogP contribution is 2.36. The topological polar surface area (TPSA) is 67.4 Å². The molecule has 1 amide bonds. The molecule has 0 unspecified atom stereocenters. The van der Waals surface area contributed by atoms with Crippen molar-refractivity contribution in [1.82, 2.24) is 14.9 Å². The molecule has 6 heteroatoms. The lowest BCUT2D eigenvalue weighted by Gasteiger charge is -2.52. The highest BCUT2D eigenvalue weighted by atomic mass is 16.5. The van der Waals surface area contributed by atoms with Crippen molar-refractivity contribution in [1.29, 1.82) is 0 Å². The number of carbonyl (C=O) groups excluding carboxylic acids is 1. The molecule has 1 atom stereocenters. The Morgan fingerprint density at radius 3 is 2.81 bits per heavy atom. The van der Waals surface area contributed by atoms with Crippen LogP contribution in [-0.4, -0.2) is 52.6 Å². The van der Waals surface area contributed by atoms with Crippen LogP contribution in [0.15, 0.2) is 42.7 Å². The van der Waals surface area contributed by atoms with E-state index < -0.39 is 0 Å². The number of nitrogens with one attached hydrogen (secondary N) is 1. The number of anilines is 1. The van der Waals surface area contributed by atoms with Crippen LogP contribution in [0.5, 0.6) is 0 Å². The number of amides is 1. The molecular weight excluding hydrogens is 328 g/mol. The quantitative estimate of drug-likeness (QED) is 0.916. The van der Waals surface area contributed by atoms with E-state index in [0.29, 0.717) is 31.6 Å². The Hall–Kier alpha value is -2.47. The summed E-state index contributed by atoms with van der Waals surface area (Å²) in [5, 5.41) is 3.26. The molecule has 2 fully saturated rings. The van der Waals surface area contributed by atoms with Gasteiger partial charge in [0.05, 0.1) is 19.7 Å². The minimum Gasteiger partial charge on any atom is -0.371 e. The van der Waals surface area contributed by atoms with E-state index >= 15 is 0 Å². The molecule has 6 nitrogen and oxygen atoms in total. The van der Waals surface area contributed by atoms with Gasteiger partial charge in [-0.15, -0.1) is 0 Å². The number of likely N-dealkylation sites (tertiary alicyclic amines) is 1. The average molecular weight is 352 g/mol. The second-order valence-corrected chi connectivity index (χ2v) is 7.38. The first-order chi connectivity index (χ1) is 12.6. The van der Waals surface area contributed by atoms with Crippen molar-refractivity contribution in [3.8, 4) is 0 Å². The summed E-state index contributed by atoms with van der Waals surface area (Å²) >= 11 is 0. The zero-order valence-electron chi connectivity index (χ0n) is 15.0. The Morgan fingerprint density at radius 2 is 2.12 bits per heavy atom. The van der Waals surface area contributed by atoms with Crippen molar-refractivity contribution in [3.05, 3.63) is 53.9 Å². The molecule has 4 rings (SSSR count). The summed E-state index contributed by atoms with van der Waals surface area (Å²) in [5.41, 5.74) is 1.73. The van der Waals surface area contributed by atoms with Crippen LogP contribution in [0.1, 0.15) is 28.8 Å². The third-order valence-electron chi connectivity index (χ3n) is 5.26. The summed E-state index contributed by atoms with van der Waals surface area (Å²) in [7, 11) is 0. The van der Waals surface area contributed by atoms with E-state index in [0.717, 1.165) is 30.5 Å². The normalized spacial score (nSPS) is 21.3. The molecular formula is C20H24N4O2. The Balaban J connectivity index is 1.25. The van der Waals surface area contributed by atoms with Crippen molar-refractivity contribution in [3.63, 3.8) is 0 Å².